The molecular weight excluding hydrogens is 412 g/mol. The second-order valence-electron chi connectivity index (χ2n) is 8.34. The first-order valence-electron chi connectivity index (χ1n) is 9.94. The van der Waals surface area contributed by atoms with Crippen molar-refractivity contribution in [3.05, 3.63) is 22.2 Å². The van der Waals surface area contributed by atoms with Crippen LogP contribution in [0.25, 0.3) is 0 Å². The van der Waals surface area contributed by atoms with Crippen molar-refractivity contribution in [1.82, 2.24) is 15.5 Å². The van der Waals surface area contributed by atoms with Crippen molar-refractivity contribution in [3.63, 3.8) is 0 Å². The molecule has 0 radical (unpaired) electrons. The van der Waals surface area contributed by atoms with Gasteiger partial charge in [0.25, 0.3) is 5.91 Å². The highest BCUT2D eigenvalue weighted by atomic mass is 35.5. The number of fused-ring (bicyclic) bond motifs is 1. The molecule has 0 bridgehead atoms. The molecule has 2 aliphatic heterocycles. The van der Waals surface area contributed by atoms with Crippen molar-refractivity contribution in [3.8, 4) is 5.75 Å². The summed E-state index contributed by atoms with van der Waals surface area (Å²) in [5.74, 6) is 0.212. The average molecular weight is 441 g/mol. The van der Waals surface area contributed by atoms with Crippen LogP contribution in [0.5, 0.6) is 5.75 Å². The summed E-state index contributed by atoms with van der Waals surface area (Å²) in [5, 5.41) is 14.4. The maximum Gasteiger partial charge on any atom is 0.404 e. The van der Waals surface area contributed by atoms with Crippen LogP contribution in [0.1, 0.15) is 36.2 Å². The zero-order valence-corrected chi connectivity index (χ0v) is 18.2. The molecular formula is C20H29ClN4O5. The molecule has 0 saturated carbocycles. The number of nitrogens with zero attached hydrogens (tertiary/aromatic N) is 1. The van der Waals surface area contributed by atoms with Gasteiger partial charge in [-0.1, -0.05) is 11.6 Å². The van der Waals surface area contributed by atoms with Gasteiger partial charge in [0, 0.05) is 45.3 Å². The first-order chi connectivity index (χ1) is 14.1. The number of hydrogen-bond donors (Lipinski definition) is 4. The Kier molecular flexibility index (Phi) is 6.64. The predicted octanol–water partition coefficient (Wildman–Crippen LogP) is 1.72. The van der Waals surface area contributed by atoms with E-state index in [0.717, 1.165) is 12.1 Å². The number of carboxylic acid groups (broad SMARTS) is 1. The van der Waals surface area contributed by atoms with Gasteiger partial charge in [-0.05, 0) is 26.3 Å². The quantitative estimate of drug-likeness (QED) is 0.496. The van der Waals surface area contributed by atoms with Crippen molar-refractivity contribution < 1.29 is 24.2 Å². The third-order valence-electron chi connectivity index (χ3n) is 5.56. The van der Waals surface area contributed by atoms with Crippen molar-refractivity contribution >= 4 is 29.3 Å². The summed E-state index contributed by atoms with van der Waals surface area (Å²) in [7, 11) is 1.60. The zero-order valence-electron chi connectivity index (χ0n) is 17.5. The Morgan fingerprint density at radius 2 is 2.20 bits per heavy atom. The molecule has 3 rings (SSSR count). The normalized spacial score (nSPS) is 22.8. The van der Waals surface area contributed by atoms with E-state index in [4.69, 9.17) is 31.9 Å². The molecule has 2 aliphatic rings. The van der Waals surface area contributed by atoms with E-state index in [1.54, 1.807) is 13.2 Å². The Labute approximate surface area is 180 Å². The zero-order chi connectivity index (χ0) is 22.1. The standard InChI is InChI=1S/C20H29ClN4O5/c1-20(2)9-12-16(22)13(21)8-11(17(12)30-20)18(26)24-14-4-6-25(10-15(14)29-3)7-5-23-19(27)28/h8,14-15,23H,4-7,9-10,22H2,1-3H3,(H,24,26)(H,27,28)/t14-,15+/m1/s1. The predicted molar refractivity (Wildman–Crippen MR) is 113 cm³/mol. The van der Waals surface area contributed by atoms with E-state index in [0.29, 0.717) is 54.5 Å². The first-order valence-corrected chi connectivity index (χ1v) is 10.3. The molecule has 0 aromatic heterocycles. The summed E-state index contributed by atoms with van der Waals surface area (Å²) in [6.07, 6.45) is -0.00440. The largest absolute Gasteiger partial charge is 0.486 e. The second-order valence-corrected chi connectivity index (χ2v) is 8.75. The fourth-order valence-electron chi connectivity index (χ4n) is 4.05. The van der Waals surface area contributed by atoms with E-state index in [9.17, 15) is 9.59 Å². The Hall–Kier alpha value is -2.23. The molecule has 1 aromatic carbocycles. The Morgan fingerprint density at radius 1 is 1.47 bits per heavy atom. The van der Waals surface area contributed by atoms with Crippen LogP contribution in [0.3, 0.4) is 0 Å². The summed E-state index contributed by atoms with van der Waals surface area (Å²) in [4.78, 5) is 25.8. The molecule has 0 unspecified atom stereocenters. The molecule has 9 nitrogen and oxygen atoms in total. The van der Waals surface area contributed by atoms with Gasteiger partial charge in [0.2, 0.25) is 0 Å². The van der Waals surface area contributed by atoms with Crippen LogP contribution in [-0.4, -0.2) is 73.0 Å². The molecule has 30 heavy (non-hydrogen) atoms. The number of rotatable bonds is 6. The van der Waals surface area contributed by atoms with Gasteiger partial charge in [-0.2, -0.15) is 0 Å². The maximum absolute atomic E-state index is 13.1. The van der Waals surface area contributed by atoms with Crippen LogP contribution in [-0.2, 0) is 11.2 Å². The second kappa shape index (κ2) is 8.87. The first kappa shape index (κ1) is 22.5. The van der Waals surface area contributed by atoms with E-state index in [1.807, 2.05) is 13.8 Å². The molecule has 5 N–H and O–H groups in total. The van der Waals surface area contributed by atoms with Crippen LogP contribution < -0.4 is 21.1 Å². The molecule has 2 atom stereocenters. The van der Waals surface area contributed by atoms with E-state index in [-0.39, 0.29) is 18.1 Å². The van der Waals surface area contributed by atoms with E-state index in [1.165, 1.54) is 0 Å². The van der Waals surface area contributed by atoms with Crippen molar-refractivity contribution in [2.45, 2.75) is 44.4 Å². The number of nitrogens with one attached hydrogen (secondary N) is 2. The Bertz CT molecular complexity index is 832. The van der Waals surface area contributed by atoms with E-state index < -0.39 is 11.7 Å². The molecule has 10 heteroatoms. The molecule has 2 amide bonds. The maximum atomic E-state index is 13.1. The lowest BCUT2D eigenvalue weighted by molar-refractivity contribution is 0.00681. The van der Waals surface area contributed by atoms with E-state index >= 15 is 0 Å². The number of piperidine rings is 1. The smallest absolute Gasteiger partial charge is 0.404 e. The lowest BCUT2D eigenvalue weighted by Crippen LogP contribution is -2.55. The van der Waals surface area contributed by atoms with Gasteiger partial charge in [-0.15, -0.1) is 0 Å². The van der Waals surface area contributed by atoms with Crippen LogP contribution >= 0.6 is 11.6 Å². The number of likely N-dealkylation sites (tertiary alicyclic amines) is 1. The monoisotopic (exact) mass is 440 g/mol. The van der Waals surface area contributed by atoms with Gasteiger partial charge in [-0.3, -0.25) is 9.69 Å². The van der Waals surface area contributed by atoms with Crippen LogP contribution in [0.15, 0.2) is 6.07 Å². The van der Waals surface area contributed by atoms with Crippen LogP contribution in [0.2, 0.25) is 5.02 Å². The van der Waals surface area contributed by atoms with Gasteiger partial charge in [-0.25, -0.2) is 4.79 Å². The topological polar surface area (TPSA) is 126 Å². The molecule has 0 spiro atoms. The highest BCUT2D eigenvalue weighted by Gasteiger charge is 2.37. The lowest BCUT2D eigenvalue weighted by Gasteiger charge is -2.38. The number of halogens is 1. The summed E-state index contributed by atoms with van der Waals surface area (Å²) in [5.41, 5.74) is 7.25. The molecule has 0 aliphatic carbocycles. The number of carbonyl (C=O) groups excluding carboxylic acids is 1. The van der Waals surface area contributed by atoms with Crippen LogP contribution in [0.4, 0.5) is 10.5 Å². The Morgan fingerprint density at radius 3 is 2.87 bits per heavy atom. The molecule has 2 heterocycles. The summed E-state index contributed by atoms with van der Waals surface area (Å²) in [6.45, 7) is 6.11. The minimum atomic E-state index is -1.04. The Balaban J connectivity index is 1.69. The number of benzene rings is 1. The number of ether oxygens (including phenoxy) is 2. The van der Waals surface area contributed by atoms with Gasteiger partial charge in [0.15, 0.2) is 0 Å². The number of amides is 2. The number of methoxy groups -OCH3 is 1. The molecule has 1 fully saturated rings. The van der Waals surface area contributed by atoms with E-state index in [2.05, 4.69) is 15.5 Å². The number of nitrogen functional groups attached to an aromatic ring is 1. The summed E-state index contributed by atoms with van der Waals surface area (Å²) >= 11 is 6.28. The van der Waals surface area contributed by atoms with Crippen molar-refractivity contribution in [2.24, 2.45) is 0 Å². The minimum Gasteiger partial charge on any atom is -0.486 e. The fraction of sp³-hybridized carbons (Fsp3) is 0.600. The molecule has 1 aromatic rings. The number of nitrogens with two attached hydrogens (primary N) is 1. The van der Waals surface area contributed by atoms with Gasteiger partial charge in [0.05, 0.1) is 28.4 Å². The van der Waals surface area contributed by atoms with Crippen molar-refractivity contribution in [2.75, 3.05) is 39.0 Å². The highest BCUT2D eigenvalue weighted by molar-refractivity contribution is 6.33. The third-order valence-corrected chi connectivity index (χ3v) is 5.88. The number of carbonyl (C=O) groups is 2. The van der Waals surface area contributed by atoms with Gasteiger partial charge in [0.1, 0.15) is 11.4 Å². The van der Waals surface area contributed by atoms with Crippen LogP contribution in [0, 0.1) is 0 Å². The average Bonchev–Trinajstić information content (AvgIpc) is 3.00. The molecule has 1 saturated heterocycles. The summed E-state index contributed by atoms with van der Waals surface area (Å²) in [6, 6.07) is 1.37. The lowest BCUT2D eigenvalue weighted by atomic mass is 9.97. The minimum absolute atomic E-state index is 0.187. The molecule has 166 valence electrons. The van der Waals surface area contributed by atoms with Crippen molar-refractivity contribution in [1.29, 1.82) is 0 Å². The summed E-state index contributed by atoms with van der Waals surface area (Å²) < 4.78 is 11.6. The fourth-order valence-corrected chi connectivity index (χ4v) is 4.28. The number of anilines is 1. The number of hydrogen-bond acceptors (Lipinski definition) is 6. The van der Waals surface area contributed by atoms with Gasteiger partial charge >= 0.3 is 6.09 Å². The third kappa shape index (κ3) is 4.91. The highest BCUT2D eigenvalue weighted by Crippen LogP contribution is 2.44. The SMILES string of the molecule is CO[C@H]1CN(CCNC(=O)O)CC[C@H]1NC(=O)c1cc(Cl)c(N)c2c1OC(C)(C)C2. The van der Waals surface area contributed by atoms with Gasteiger partial charge < -0.3 is 30.9 Å².